The molecule has 2 aromatic rings. The number of rotatable bonds is 4. The van der Waals surface area contributed by atoms with E-state index in [2.05, 4.69) is 55.1 Å². The molecule has 102 valence electrons. The standard InChI is InChI=1S/C15H21N3S/c1-9(2)14-7-11(4)17-15(18-14)16-8-13-6-10(3)12(5)19-13/h6-7,9H,8H2,1-5H3,(H,16,17,18). The molecule has 0 saturated heterocycles. The highest BCUT2D eigenvalue weighted by Crippen LogP contribution is 2.21. The van der Waals surface area contributed by atoms with Gasteiger partial charge in [-0.05, 0) is 44.4 Å². The first-order valence-corrected chi connectivity index (χ1v) is 7.42. The summed E-state index contributed by atoms with van der Waals surface area (Å²) in [5.41, 5.74) is 3.46. The summed E-state index contributed by atoms with van der Waals surface area (Å²) in [5, 5.41) is 3.33. The second kappa shape index (κ2) is 5.70. The van der Waals surface area contributed by atoms with Crippen LogP contribution in [0.25, 0.3) is 0 Å². The van der Waals surface area contributed by atoms with E-state index in [1.165, 1.54) is 15.3 Å². The zero-order valence-corrected chi connectivity index (χ0v) is 13.1. The van der Waals surface area contributed by atoms with Crippen LogP contribution in [0.4, 0.5) is 5.95 Å². The van der Waals surface area contributed by atoms with Crippen LogP contribution in [0.1, 0.15) is 46.5 Å². The third-order valence-electron chi connectivity index (χ3n) is 3.10. The lowest BCUT2D eigenvalue weighted by Crippen LogP contribution is -2.06. The average molecular weight is 275 g/mol. The lowest BCUT2D eigenvalue weighted by Gasteiger charge is -2.09. The first kappa shape index (κ1) is 14.0. The van der Waals surface area contributed by atoms with Gasteiger partial charge in [0.05, 0.1) is 6.54 Å². The summed E-state index contributed by atoms with van der Waals surface area (Å²) in [7, 11) is 0. The SMILES string of the molecule is Cc1cc(C(C)C)nc(NCc2cc(C)c(C)s2)n1. The van der Waals surface area contributed by atoms with Gasteiger partial charge in [-0.3, -0.25) is 0 Å². The van der Waals surface area contributed by atoms with E-state index in [-0.39, 0.29) is 0 Å². The average Bonchev–Trinajstić information content (AvgIpc) is 2.65. The number of thiophene rings is 1. The first-order chi connectivity index (χ1) is 8.95. The first-order valence-electron chi connectivity index (χ1n) is 6.61. The fourth-order valence-corrected chi connectivity index (χ4v) is 2.86. The zero-order chi connectivity index (χ0) is 14.0. The Kier molecular flexibility index (Phi) is 4.20. The second-order valence-corrected chi connectivity index (χ2v) is 6.56. The predicted octanol–water partition coefficient (Wildman–Crippen LogP) is 4.20. The molecule has 0 radical (unpaired) electrons. The fourth-order valence-electron chi connectivity index (χ4n) is 1.87. The molecule has 0 bridgehead atoms. The fraction of sp³-hybridized carbons (Fsp3) is 0.467. The topological polar surface area (TPSA) is 37.8 Å². The van der Waals surface area contributed by atoms with Gasteiger partial charge in [-0.1, -0.05) is 13.8 Å². The van der Waals surface area contributed by atoms with Crippen molar-refractivity contribution in [3.63, 3.8) is 0 Å². The van der Waals surface area contributed by atoms with Crippen molar-refractivity contribution in [2.75, 3.05) is 5.32 Å². The monoisotopic (exact) mass is 275 g/mol. The van der Waals surface area contributed by atoms with Gasteiger partial charge in [0, 0.05) is 21.1 Å². The molecule has 0 aliphatic rings. The van der Waals surface area contributed by atoms with Gasteiger partial charge in [-0.15, -0.1) is 11.3 Å². The number of anilines is 1. The molecule has 0 amide bonds. The molecule has 0 saturated carbocycles. The molecule has 2 rings (SSSR count). The van der Waals surface area contributed by atoms with E-state index >= 15 is 0 Å². The van der Waals surface area contributed by atoms with Gasteiger partial charge < -0.3 is 5.32 Å². The van der Waals surface area contributed by atoms with E-state index < -0.39 is 0 Å². The maximum atomic E-state index is 4.56. The summed E-state index contributed by atoms with van der Waals surface area (Å²) in [5.74, 6) is 1.15. The van der Waals surface area contributed by atoms with Crippen molar-refractivity contribution in [3.8, 4) is 0 Å². The number of nitrogens with zero attached hydrogens (tertiary/aromatic N) is 2. The number of nitrogens with one attached hydrogen (secondary N) is 1. The van der Waals surface area contributed by atoms with E-state index in [0.29, 0.717) is 5.92 Å². The largest absolute Gasteiger partial charge is 0.349 e. The van der Waals surface area contributed by atoms with Crippen molar-refractivity contribution >= 4 is 17.3 Å². The molecule has 1 N–H and O–H groups in total. The Morgan fingerprint density at radius 3 is 2.47 bits per heavy atom. The Hall–Kier alpha value is -1.42. The zero-order valence-electron chi connectivity index (χ0n) is 12.2. The van der Waals surface area contributed by atoms with Crippen LogP contribution in [0.2, 0.25) is 0 Å². The molecule has 0 fully saturated rings. The number of aromatic nitrogens is 2. The van der Waals surface area contributed by atoms with Gasteiger partial charge in [0.1, 0.15) is 0 Å². The molecule has 0 aromatic carbocycles. The number of aryl methyl sites for hydroxylation is 3. The quantitative estimate of drug-likeness (QED) is 0.908. The van der Waals surface area contributed by atoms with Gasteiger partial charge in [0.15, 0.2) is 0 Å². The number of hydrogen-bond acceptors (Lipinski definition) is 4. The van der Waals surface area contributed by atoms with Crippen molar-refractivity contribution in [3.05, 3.63) is 38.8 Å². The molecule has 2 heterocycles. The Balaban J connectivity index is 2.11. The van der Waals surface area contributed by atoms with Crippen LogP contribution >= 0.6 is 11.3 Å². The van der Waals surface area contributed by atoms with E-state index in [1.54, 1.807) is 0 Å². The second-order valence-electron chi connectivity index (χ2n) is 5.22. The van der Waals surface area contributed by atoms with Crippen LogP contribution in [-0.4, -0.2) is 9.97 Å². The Labute approximate surface area is 119 Å². The van der Waals surface area contributed by atoms with Crippen LogP contribution in [0.3, 0.4) is 0 Å². The lowest BCUT2D eigenvalue weighted by atomic mass is 10.1. The normalized spacial score (nSPS) is 11.1. The van der Waals surface area contributed by atoms with Crippen LogP contribution < -0.4 is 5.32 Å². The summed E-state index contributed by atoms with van der Waals surface area (Å²) in [6, 6.07) is 4.28. The molecule has 2 aromatic heterocycles. The van der Waals surface area contributed by atoms with Gasteiger partial charge in [0.2, 0.25) is 5.95 Å². The molecule has 3 nitrogen and oxygen atoms in total. The van der Waals surface area contributed by atoms with Crippen molar-refractivity contribution in [2.45, 2.75) is 47.1 Å². The minimum Gasteiger partial charge on any atom is -0.349 e. The van der Waals surface area contributed by atoms with Crippen molar-refractivity contribution in [2.24, 2.45) is 0 Å². The minimum atomic E-state index is 0.425. The van der Waals surface area contributed by atoms with Crippen molar-refractivity contribution < 1.29 is 0 Å². The van der Waals surface area contributed by atoms with E-state index in [1.807, 2.05) is 18.3 Å². The third kappa shape index (κ3) is 3.53. The maximum absolute atomic E-state index is 4.56. The molecule has 0 atom stereocenters. The maximum Gasteiger partial charge on any atom is 0.223 e. The van der Waals surface area contributed by atoms with Crippen LogP contribution in [0, 0.1) is 20.8 Å². The molecule has 0 unspecified atom stereocenters. The Morgan fingerprint density at radius 2 is 1.89 bits per heavy atom. The summed E-state index contributed by atoms with van der Waals surface area (Å²) in [6.45, 7) is 11.4. The summed E-state index contributed by atoms with van der Waals surface area (Å²) in [6.07, 6.45) is 0. The van der Waals surface area contributed by atoms with Gasteiger partial charge >= 0.3 is 0 Å². The highest BCUT2D eigenvalue weighted by atomic mass is 32.1. The summed E-state index contributed by atoms with van der Waals surface area (Å²) >= 11 is 1.83. The molecule has 0 spiro atoms. The summed E-state index contributed by atoms with van der Waals surface area (Å²) in [4.78, 5) is 11.7. The molecule has 0 aliphatic heterocycles. The lowest BCUT2D eigenvalue weighted by molar-refractivity contribution is 0.808. The van der Waals surface area contributed by atoms with E-state index in [4.69, 9.17) is 0 Å². The minimum absolute atomic E-state index is 0.425. The Morgan fingerprint density at radius 1 is 1.16 bits per heavy atom. The van der Waals surface area contributed by atoms with Crippen molar-refractivity contribution in [1.82, 2.24) is 9.97 Å². The number of hydrogen-bond donors (Lipinski definition) is 1. The van der Waals surface area contributed by atoms with Gasteiger partial charge in [-0.2, -0.15) is 0 Å². The Bertz CT molecular complexity index is 553. The molecule has 0 aliphatic carbocycles. The smallest absolute Gasteiger partial charge is 0.223 e. The highest BCUT2D eigenvalue weighted by molar-refractivity contribution is 7.12. The van der Waals surface area contributed by atoms with Crippen LogP contribution in [-0.2, 0) is 6.54 Å². The molecule has 4 heteroatoms. The third-order valence-corrected chi connectivity index (χ3v) is 4.26. The highest BCUT2D eigenvalue weighted by Gasteiger charge is 2.07. The van der Waals surface area contributed by atoms with Gasteiger partial charge in [0.25, 0.3) is 0 Å². The summed E-state index contributed by atoms with van der Waals surface area (Å²) < 4.78 is 0. The van der Waals surface area contributed by atoms with E-state index in [0.717, 1.165) is 23.9 Å². The van der Waals surface area contributed by atoms with Crippen LogP contribution in [0.5, 0.6) is 0 Å². The van der Waals surface area contributed by atoms with Crippen LogP contribution in [0.15, 0.2) is 12.1 Å². The molecular weight excluding hydrogens is 254 g/mol. The van der Waals surface area contributed by atoms with Crippen molar-refractivity contribution in [1.29, 1.82) is 0 Å². The predicted molar refractivity (Wildman–Crippen MR) is 82.0 cm³/mol. The van der Waals surface area contributed by atoms with Gasteiger partial charge in [-0.25, -0.2) is 9.97 Å². The molecular formula is C15H21N3S. The molecule has 19 heavy (non-hydrogen) atoms. The van der Waals surface area contributed by atoms with E-state index in [9.17, 15) is 0 Å².